The van der Waals surface area contributed by atoms with Gasteiger partial charge in [-0.3, -0.25) is 4.99 Å². The molecule has 11 heteroatoms. The van der Waals surface area contributed by atoms with Crippen LogP contribution in [0.4, 0.5) is 18.0 Å². The van der Waals surface area contributed by atoms with Crippen LogP contribution in [0.3, 0.4) is 0 Å². The molecule has 1 amide bonds. The van der Waals surface area contributed by atoms with E-state index >= 15 is 0 Å². The van der Waals surface area contributed by atoms with Crippen molar-refractivity contribution >= 4 is 23.4 Å². The second-order valence-corrected chi connectivity index (χ2v) is 8.01. The standard InChI is InChI=1S/C17H28F3N5O2S/c1-6-7-11(24-15(26)27-16(2,3)4)8-22-14(21-5)23-9-13-25-12(10-28-13)17(18,19)20/h10-11H,6-9H2,1-5H3,(H,24,26)(H2,21,22,23). The zero-order valence-corrected chi connectivity index (χ0v) is 17.6. The highest BCUT2D eigenvalue weighted by Gasteiger charge is 2.33. The molecule has 0 aliphatic heterocycles. The summed E-state index contributed by atoms with van der Waals surface area (Å²) >= 11 is 0.925. The Labute approximate surface area is 167 Å². The van der Waals surface area contributed by atoms with E-state index in [9.17, 15) is 18.0 Å². The van der Waals surface area contributed by atoms with Gasteiger partial charge in [-0.1, -0.05) is 13.3 Å². The first-order valence-electron chi connectivity index (χ1n) is 8.90. The van der Waals surface area contributed by atoms with E-state index in [0.29, 0.717) is 17.5 Å². The molecule has 0 bridgehead atoms. The van der Waals surface area contributed by atoms with Gasteiger partial charge >= 0.3 is 12.3 Å². The third-order valence-electron chi connectivity index (χ3n) is 3.35. The molecule has 1 unspecified atom stereocenters. The number of ether oxygens (including phenoxy) is 1. The lowest BCUT2D eigenvalue weighted by atomic mass is 10.1. The number of hydrogen-bond acceptors (Lipinski definition) is 5. The Hall–Kier alpha value is -2.04. The Kier molecular flexibility index (Phi) is 8.99. The van der Waals surface area contributed by atoms with E-state index in [1.165, 1.54) is 0 Å². The summed E-state index contributed by atoms with van der Waals surface area (Å²) in [6.07, 6.45) is -3.37. The van der Waals surface area contributed by atoms with Crippen LogP contribution in [-0.4, -0.2) is 42.3 Å². The highest BCUT2D eigenvalue weighted by molar-refractivity contribution is 7.09. The van der Waals surface area contributed by atoms with Crippen molar-refractivity contribution in [3.63, 3.8) is 0 Å². The zero-order chi connectivity index (χ0) is 21.4. The van der Waals surface area contributed by atoms with Gasteiger partial charge in [-0.2, -0.15) is 13.2 Å². The SMILES string of the molecule is CCCC(CNC(=NC)NCc1nc(C(F)(F)F)cs1)NC(=O)OC(C)(C)C. The quantitative estimate of drug-likeness (QED) is 0.461. The predicted molar refractivity (Wildman–Crippen MR) is 103 cm³/mol. The molecule has 28 heavy (non-hydrogen) atoms. The van der Waals surface area contributed by atoms with Crippen molar-refractivity contribution in [2.24, 2.45) is 4.99 Å². The molecule has 1 rings (SSSR count). The molecule has 1 aromatic heterocycles. The van der Waals surface area contributed by atoms with Gasteiger partial charge in [0, 0.05) is 25.0 Å². The van der Waals surface area contributed by atoms with Crippen molar-refractivity contribution in [1.82, 2.24) is 20.9 Å². The van der Waals surface area contributed by atoms with Crippen molar-refractivity contribution in [2.45, 2.75) is 64.9 Å². The number of alkyl carbamates (subject to hydrolysis) is 1. The van der Waals surface area contributed by atoms with Crippen LogP contribution in [0.15, 0.2) is 10.4 Å². The van der Waals surface area contributed by atoms with Crippen molar-refractivity contribution in [1.29, 1.82) is 0 Å². The first kappa shape index (κ1) is 24.0. The Morgan fingerprint density at radius 2 is 2.00 bits per heavy atom. The monoisotopic (exact) mass is 423 g/mol. The van der Waals surface area contributed by atoms with Crippen LogP contribution >= 0.6 is 11.3 Å². The maximum absolute atomic E-state index is 12.6. The van der Waals surface area contributed by atoms with E-state index in [1.807, 2.05) is 6.92 Å². The molecule has 0 radical (unpaired) electrons. The number of alkyl halides is 3. The Bertz CT molecular complexity index is 656. The van der Waals surface area contributed by atoms with E-state index in [2.05, 4.69) is 25.9 Å². The summed E-state index contributed by atoms with van der Waals surface area (Å²) in [5.41, 5.74) is -1.49. The Morgan fingerprint density at radius 1 is 1.32 bits per heavy atom. The number of carbonyl (C=O) groups excluding carboxylic acids is 1. The lowest BCUT2D eigenvalue weighted by Crippen LogP contribution is -2.48. The summed E-state index contributed by atoms with van der Waals surface area (Å²) in [7, 11) is 1.55. The highest BCUT2D eigenvalue weighted by atomic mass is 32.1. The Balaban J connectivity index is 2.53. The number of aliphatic imine (C=N–C) groups is 1. The average molecular weight is 424 g/mol. The number of halogens is 3. The Morgan fingerprint density at radius 3 is 2.50 bits per heavy atom. The van der Waals surface area contributed by atoms with E-state index in [1.54, 1.807) is 27.8 Å². The molecule has 7 nitrogen and oxygen atoms in total. The first-order valence-corrected chi connectivity index (χ1v) is 9.78. The summed E-state index contributed by atoms with van der Waals surface area (Å²) in [6.45, 7) is 7.85. The van der Waals surface area contributed by atoms with Gasteiger partial charge < -0.3 is 20.7 Å². The summed E-state index contributed by atoms with van der Waals surface area (Å²) in [4.78, 5) is 19.5. The highest BCUT2D eigenvalue weighted by Crippen LogP contribution is 2.29. The minimum Gasteiger partial charge on any atom is -0.444 e. The molecular weight excluding hydrogens is 395 g/mol. The number of nitrogens with one attached hydrogen (secondary N) is 3. The first-order chi connectivity index (χ1) is 12.9. The van der Waals surface area contributed by atoms with Crippen LogP contribution in [-0.2, 0) is 17.5 Å². The van der Waals surface area contributed by atoms with Crippen LogP contribution < -0.4 is 16.0 Å². The fourth-order valence-corrected chi connectivity index (χ4v) is 2.91. The lowest BCUT2D eigenvalue weighted by Gasteiger charge is -2.24. The molecule has 1 aromatic rings. The second-order valence-electron chi connectivity index (χ2n) is 7.06. The number of carbonyl (C=O) groups is 1. The van der Waals surface area contributed by atoms with E-state index in [0.717, 1.165) is 29.6 Å². The van der Waals surface area contributed by atoms with E-state index < -0.39 is 23.6 Å². The molecule has 1 atom stereocenters. The fraction of sp³-hybridized carbons (Fsp3) is 0.706. The third-order valence-corrected chi connectivity index (χ3v) is 4.20. The summed E-state index contributed by atoms with van der Waals surface area (Å²) in [5, 5.41) is 10.1. The zero-order valence-electron chi connectivity index (χ0n) is 16.7. The number of nitrogens with zero attached hydrogens (tertiary/aromatic N) is 2. The van der Waals surface area contributed by atoms with Gasteiger partial charge in [0.05, 0.1) is 6.54 Å². The van der Waals surface area contributed by atoms with Gasteiger partial charge in [-0.15, -0.1) is 11.3 Å². The van der Waals surface area contributed by atoms with Crippen molar-refractivity contribution in [3.8, 4) is 0 Å². The largest absolute Gasteiger partial charge is 0.444 e. The number of guanidine groups is 1. The van der Waals surface area contributed by atoms with Crippen molar-refractivity contribution < 1.29 is 22.7 Å². The van der Waals surface area contributed by atoms with E-state index in [4.69, 9.17) is 4.74 Å². The topological polar surface area (TPSA) is 87.6 Å². The molecule has 160 valence electrons. The van der Waals surface area contributed by atoms with Crippen LogP contribution in [0.25, 0.3) is 0 Å². The number of thiazole rings is 1. The van der Waals surface area contributed by atoms with Gasteiger partial charge in [0.25, 0.3) is 0 Å². The smallest absolute Gasteiger partial charge is 0.434 e. The molecular formula is C17H28F3N5O2S. The van der Waals surface area contributed by atoms with Crippen molar-refractivity contribution in [2.75, 3.05) is 13.6 Å². The third kappa shape index (κ3) is 9.25. The minimum absolute atomic E-state index is 0.109. The number of hydrogen-bond donors (Lipinski definition) is 3. The normalized spacial score (nSPS) is 13.8. The maximum Gasteiger partial charge on any atom is 0.434 e. The van der Waals surface area contributed by atoms with Gasteiger partial charge in [0.1, 0.15) is 10.6 Å². The molecule has 0 aliphatic rings. The average Bonchev–Trinajstić information content (AvgIpc) is 3.02. The molecule has 3 N–H and O–H groups in total. The molecule has 1 heterocycles. The van der Waals surface area contributed by atoms with Gasteiger partial charge in [-0.25, -0.2) is 9.78 Å². The molecule has 0 saturated heterocycles. The number of rotatable bonds is 7. The number of amides is 1. The summed E-state index contributed by atoms with van der Waals surface area (Å²) < 4.78 is 43.1. The van der Waals surface area contributed by atoms with Gasteiger partial charge in [-0.05, 0) is 27.2 Å². The van der Waals surface area contributed by atoms with Gasteiger partial charge in [0.15, 0.2) is 11.7 Å². The minimum atomic E-state index is -4.45. The molecule has 0 fully saturated rings. The van der Waals surface area contributed by atoms with Crippen LogP contribution in [0, 0.1) is 0 Å². The maximum atomic E-state index is 12.6. The van der Waals surface area contributed by atoms with Crippen molar-refractivity contribution in [3.05, 3.63) is 16.1 Å². The summed E-state index contributed by atoms with van der Waals surface area (Å²) in [5.74, 6) is 0.399. The molecule has 0 aromatic carbocycles. The fourth-order valence-electron chi connectivity index (χ4n) is 2.17. The number of aromatic nitrogens is 1. The van der Waals surface area contributed by atoms with Crippen LogP contribution in [0.5, 0.6) is 0 Å². The lowest BCUT2D eigenvalue weighted by molar-refractivity contribution is -0.140. The van der Waals surface area contributed by atoms with Crippen LogP contribution in [0.1, 0.15) is 51.2 Å². The summed E-state index contributed by atoms with van der Waals surface area (Å²) in [6, 6.07) is -0.185. The van der Waals surface area contributed by atoms with E-state index in [-0.39, 0.29) is 12.6 Å². The molecule has 0 aliphatic carbocycles. The van der Waals surface area contributed by atoms with Crippen LogP contribution in [0.2, 0.25) is 0 Å². The molecule has 0 spiro atoms. The molecule has 0 saturated carbocycles. The van der Waals surface area contributed by atoms with Gasteiger partial charge in [0.2, 0.25) is 0 Å². The second kappa shape index (κ2) is 10.5. The predicted octanol–water partition coefficient (Wildman–Crippen LogP) is 3.52.